The Morgan fingerprint density at radius 2 is 1.56 bits per heavy atom. The van der Waals surface area contributed by atoms with Crippen molar-refractivity contribution in [1.29, 1.82) is 0 Å². The number of hydrogen-bond donors (Lipinski definition) is 2. The molecule has 0 aliphatic rings. The van der Waals surface area contributed by atoms with Crippen LogP contribution in [-0.4, -0.2) is 21.8 Å². The maximum atomic E-state index is 12.8. The Bertz CT molecular complexity index is 888. The zero-order valence-electron chi connectivity index (χ0n) is 15.1. The fraction of sp³-hybridized carbons (Fsp3) is 0.263. The van der Waals surface area contributed by atoms with Crippen LogP contribution in [0.4, 0.5) is 10.3 Å². The summed E-state index contributed by atoms with van der Waals surface area (Å²) in [5.41, 5.74) is 3.31. The van der Waals surface area contributed by atoms with Gasteiger partial charge in [-0.15, -0.1) is 22.7 Å². The van der Waals surface area contributed by atoms with E-state index >= 15 is 0 Å². The summed E-state index contributed by atoms with van der Waals surface area (Å²) >= 11 is 2.70. The number of nitrogens with one attached hydrogen (secondary N) is 2. The van der Waals surface area contributed by atoms with Gasteiger partial charge in [-0.25, -0.2) is 9.97 Å². The molecule has 2 aromatic heterocycles. The van der Waals surface area contributed by atoms with Crippen molar-refractivity contribution >= 4 is 44.8 Å². The third-order valence-corrected chi connectivity index (χ3v) is 5.28. The molecule has 0 saturated carbocycles. The first-order valence-corrected chi connectivity index (χ1v) is 10.2. The highest BCUT2D eigenvalue weighted by Gasteiger charge is 2.24. The van der Waals surface area contributed by atoms with Gasteiger partial charge in [-0.1, -0.05) is 29.3 Å². The Hall–Kier alpha value is -2.58. The highest BCUT2D eigenvalue weighted by atomic mass is 32.1. The lowest BCUT2D eigenvalue weighted by Crippen LogP contribution is -2.29. The smallest absolute Gasteiger partial charge is 0.230 e. The van der Waals surface area contributed by atoms with Crippen LogP contribution < -0.4 is 10.6 Å². The summed E-state index contributed by atoms with van der Waals surface area (Å²) in [4.78, 5) is 33.3. The van der Waals surface area contributed by atoms with E-state index in [-0.39, 0.29) is 18.2 Å². The zero-order chi connectivity index (χ0) is 19.2. The number of carbonyl (C=O) groups is 2. The Kier molecular flexibility index (Phi) is 6.31. The molecule has 0 fully saturated rings. The van der Waals surface area contributed by atoms with Crippen molar-refractivity contribution < 1.29 is 9.59 Å². The SMILES string of the molecule is Cc1cc(C)cc(C[C@@H](CC(=O)Nc2nccs2)C(=O)Nc2nccs2)c1. The highest BCUT2D eigenvalue weighted by Crippen LogP contribution is 2.20. The van der Waals surface area contributed by atoms with E-state index in [0.717, 1.165) is 16.7 Å². The van der Waals surface area contributed by atoms with Crippen LogP contribution in [0.5, 0.6) is 0 Å². The quantitative estimate of drug-likeness (QED) is 0.627. The van der Waals surface area contributed by atoms with Crippen LogP contribution in [0.2, 0.25) is 0 Å². The molecule has 0 bridgehead atoms. The second-order valence-electron chi connectivity index (χ2n) is 6.31. The van der Waals surface area contributed by atoms with E-state index < -0.39 is 5.92 Å². The molecule has 1 aromatic carbocycles. The van der Waals surface area contributed by atoms with Gasteiger partial charge in [0.15, 0.2) is 10.3 Å². The van der Waals surface area contributed by atoms with Crippen LogP contribution in [0.1, 0.15) is 23.1 Å². The summed E-state index contributed by atoms with van der Waals surface area (Å²) in [7, 11) is 0. The molecule has 6 nitrogen and oxygen atoms in total. The molecule has 27 heavy (non-hydrogen) atoms. The van der Waals surface area contributed by atoms with Crippen molar-refractivity contribution in [2.45, 2.75) is 26.7 Å². The van der Waals surface area contributed by atoms with Gasteiger partial charge in [-0.3, -0.25) is 9.59 Å². The van der Waals surface area contributed by atoms with Crippen LogP contribution in [-0.2, 0) is 16.0 Å². The van der Waals surface area contributed by atoms with Crippen molar-refractivity contribution in [3.8, 4) is 0 Å². The normalized spacial score (nSPS) is 11.8. The number of rotatable bonds is 7. The van der Waals surface area contributed by atoms with Crippen molar-refractivity contribution in [3.63, 3.8) is 0 Å². The molecule has 1 atom stereocenters. The van der Waals surface area contributed by atoms with Crippen LogP contribution in [0.3, 0.4) is 0 Å². The Balaban J connectivity index is 1.74. The molecule has 2 N–H and O–H groups in total. The first-order valence-electron chi connectivity index (χ1n) is 8.46. The predicted molar refractivity (Wildman–Crippen MR) is 109 cm³/mol. The first-order chi connectivity index (χ1) is 13.0. The van der Waals surface area contributed by atoms with Gasteiger partial charge in [-0.05, 0) is 25.8 Å². The van der Waals surface area contributed by atoms with Crippen molar-refractivity contribution in [3.05, 3.63) is 58.0 Å². The van der Waals surface area contributed by atoms with E-state index in [0.29, 0.717) is 16.7 Å². The third-order valence-electron chi connectivity index (χ3n) is 3.91. The number of aromatic nitrogens is 2. The fourth-order valence-electron chi connectivity index (χ4n) is 2.90. The second-order valence-corrected chi connectivity index (χ2v) is 8.10. The predicted octanol–water partition coefficient (Wildman–Crippen LogP) is 4.04. The van der Waals surface area contributed by atoms with Gasteiger partial charge in [0.05, 0.1) is 5.92 Å². The molecule has 3 aromatic rings. The summed E-state index contributed by atoms with van der Waals surface area (Å²) in [6.45, 7) is 4.05. The van der Waals surface area contributed by atoms with Gasteiger partial charge in [-0.2, -0.15) is 0 Å². The monoisotopic (exact) mass is 400 g/mol. The molecule has 0 spiro atoms. The lowest BCUT2D eigenvalue weighted by atomic mass is 9.93. The minimum absolute atomic E-state index is 0.0732. The number of aryl methyl sites for hydroxylation is 2. The van der Waals surface area contributed by atoms with Gasteiger partial charge >= 0.3 is 0 Å². The summed E-state index contributed by atoms with van der Waals surface area (Å²) in [6, 6.07) is 6.19. The van der Waals surface area contributed by atoms with Crippen LogP contribution in [0.25, 0.3) is 0 Å². The molecule has 0 aliphatic carbocycles. The molecule has 0 unspecified atom stereocenters. The third kappa shape index (κ3) is 5.70. The number of anilines is 2. The minimum Gasteiger partial charge on any atom is -0.302 e. The summed E-state index contributed by atoms with van der Waals surface area (Å²) in [5.74, 6) is -0.943. The van der Waals surface area contributed by atoms with E-state index in [4.69, 9.17) is 0 Å². The molecule has 0 saturated heterocycles. The molecule has 0 aliphatic heterocycles. The number of hydrogen-bond acceptors (Lipinski definition) is 6. The molecule has 2 heterocycles. The van der Waals surface area contributed by atoms with E-state index in [9.17, 15) is 9.59 Å². The zero-order valence-corrected chi connectivity index (χ0v) is 16.7. The largest absolute Gasteiger partial charge is 0.302 e. The van der Waals surface area contributed by atoms with E-state index in [2.05, 4.69) is 38.8 Å². The number of carbonyl (C=O) groups excluding carboxylic acids is 2. The Labute approximate surface area is 165 Å². The average Bonchev–Trinajstić information content (AvgIpc) is 3.27. The maximum Gasteiger partial charge on any atom is 0.230 e. The Morgan fingerprint density at radius 3 is 2.11 bits per heavy atom. The van der Waals surface area contributed by atoms with Gasteiger partial charge in [0.1, 0.15) is 0 Å². The molecular weight excluding hydrogens is 380 g/mol. The van der Waals surface area contributed by atoms with Crippen molar-refractivity contribution in [2.75, 3.05) is 10.6 Å². The van der Waals surface area contributed by atoms with E-state index in [1.165, 1.54) is 22.7 Å². The van der Waals surface area contributed by atoms with E-state index in [1.54, 1.807) is 23.2 Å². The van der Waals surface area contributed by atoms with Crippen LogP contribution in [0, 0.1) is 19.8 Å². The first kappa shape index (κ1) is 19.2. The van der Waals surface area contributed by atoms with Gasteiger partial charge in [0.2, 0.25) is 11.8 Å². The molecule has 2 amide bonds. The minimum atomic E-state index is -0.505. The molecule has 8 heteroatoms. The highest BCUT2D eigenvalue weighted by molar-refractivity contribution is 7.14. The molecule has 0 radical (unpaired) electrons. The number of thiazole rings is 2. The number of amides is 2. The van der Waals surface area contributed by atoms with Crippen molar-refractivity contribution in [1.82, 2.24) is 9.97 Å². The lowest BCUT2D eigenvalue weighted by Gasteiger charge is -2.16. The molecule has 140 valence electrons. The summed E-state index contributed by atoms with van der Waals surface area (Å²) < 4.78 is 0. The fourth-order valence-corrected chi connectivity index (χ4v) is 3.98. The van der Waals surface area contributed by atoms with Gasteiger partial charge in [0, 0.05) is 29.6 Å². The van der Waals surface area contributed by atoms with Crippen LogP contribution in [0.15, 0.2) is 41.4 Å². The summed E-state index contributed by atoms with van der Waals surface area (Å²) in [6.07, 6.45) is 3.81. The topological polar surface area (TPSA) is 84.0 Å². The average molecular weight is 401 g/mol. The number of nitrogens with zero attached hydrogens (tertiary/aromatic N) is 2. The maximum absolute atomic E-state index is 12.8. The summed E-state index contributed by atoms with van der Waals surface area (Å²) in [5, 5.41) is 10.2. The van der Waals surface area contributed by atoms with Crippen molar-refractivity contribution in [2.24, 2.45) is 5.92 Å². The van der Waals surface area contributed by atoms with Gasteiger partial charge in [0.25, 0.3) is 0 Å². The van der Waals surface area contributed by atoms with Crippen LogP contribution >= 0.6 is 22.7 Å². The number of benzene rings is 1. The van der Waals surface area contributed by atoms with E-state index in [1.807, 2.05) is 13.8 Å². The molecule has 3 rings (SSSR count). The Morgan fingerprint density at radius 1 is 0.963 bits per heavy atom. The second kappa shape index (κ2) is 8.88. The lowest BCUT2D eigenvalue weighted by molar-refractivity contribution is -0.124. The standard InChI is InChI=1S/C19H20N4O2S2/c1-12-7-13(2)9-14(8-12)10-15(17(25)23-19-21-4-6-27-19)11-16(24)22-18-20-3-5-26-18/h3-9,15H,10-11H2,1-2H3,(H,20,22,24)(H,21,23,25)/t15-/m0/s1. The molecular formula is C19H20N4O2S2. The van der Waals surface area contributed by atoms with Gasteiger partial charge < -0.3 is 10.6 Å².